The predicted octanol–water partition coefficient (Wildman–Crippen LogP) is 1.86. The molecule has 0 saturated carbocycles. The van der Waals surface area contributed by atoms with Gasteiger partial charge in [-0.25, -0.2) is 4.79 Å². The monoisotopic (exact) mass is 369 g/mol. The van der Waals surface area contributed by atoms with Crippen LogP contribution >= 0.6 is 0 Å². The van der Waals surface area contributed by atoms with Crippen molar-refractivity contribution in [1.82, 2.24) is 15.1 Å². The van der Waals surface area contributed by atoms with E-state index in [-0.39, 0.29) is 17.9 Å². The van der Waals surface area contributed by atoms with Crippen molar-refractivity contribution < 1.29 is 19.1 Å². The van der Waals surface area contributed by atoms with E-state index in [4.69, 9.17) is 9.47 Å². The Morgan fingerprint density at radius 2 is 1.73 bits per heavy atom. The number of unbranched alkanes of at least 4 members (excludes halogenated alkanes) is 1. The molecule has 0 bridgehead atoms. The number of rotatable bonds is 6. The van der Waals surface area contributed by atoms with Gasteiger partial charge in [0.25, 0.3) is 0 Å². The van der Waals surface area contributed by atoms with Gasteiger partial charge in [-0.05, 0) is 53.0 Å². The van der Waals surface area contributed by atoms with Crippen molar-refractivity contribution in [3.63, 3.8) is 0 Å². The summed E-state index contributed by atoms with van der Waals surface area (Å²) in [6.07, 6.45) is 3.23. The molecule has 0 atom stereocenters. The van der Waals surface area contributed by atoms with Crippen LogP contribution in [0.1, 0.15) is 46.5 Å². The lowest BCUT2D eigenvalue weighted by molar-refractivity contribution is -0.126. The van der Waals surface area contributed by atoms with Gasteiger partial charge in [0.05, 0.1) is 13.2 Å². The Hall–Kier alpha value is -1.34. The number of nitrogens with one attached hydrogen (secondary N) is 1. The van der Waals surface area contributed by atoms with E-state index in [1.807, 2.05) is 20.8 Å². The van der Waals surface area contributed by atoms with Gasteiger partial charge in [0.15, 0.2) is 0 Å². The molecule has 2 rings (SSSR count). The molecule has 26 heavy (non-hydrogen) atoms. The lowest BCUT2D eigenvalue weighted by atomic mass is 9.96. The maximum atomic E-state index is 12.3. The summed E-state index contributed by atoms with van der Waals surface area (Å²) in [6, 6.07) is 0. The van der Waals surface area contributed by atoms with Crippen molar-refractivity contribution in [2.45, 2.75) is 52.1 Å². The molecule has 0 aromatic carbocycles. The third kappa shape index (κ3) is 7.50. The molecule has 0 aromatic rings. The van der Waals surface area contributed by atoms with Crippen LogP contribution in [0.4, 0.5) is 4.79 Å². The van der Waals surface area contributed by atoms with Gasteiger partial charge in [-0.15, -0.1) is 0 Å². The quantitative estimate of drug-likeness (QED) is 0.724. The molecule has 2 aliphatic heterocycles. The summed E-state index contributed by atoms with van der Waals surface area (Å²) in [6.45, 7) is 12.3. The second-order valence-corrected chi connectivity index (χ2v) is 8.19. The van der Waals surface area contributed by atoms with Crippen LogP contribution in [0, 0.1) is 5.92 Å². The molecule has 7 nitrogen and oxygen atoms in total. The molecule has 2 heterocycles. The van der Waals surface area contributed by atoms with Crippen molar-refractivity contribution in [3.8, 4) is 0 Å². The number of morpholine rings is 1. The number of piperidine rings is 1. The van der Waals surface area contributed by atoms with Crippen LogP contribution in [0.3, 0.4) is 0 Å². The number of carbonyl (C=O) groups is 2. The molecule has 2 saturated heterocycles. The van der Waals surface area contributed by atoms with Crippen LogP contribution in [0.5, 0.6) is 0 Å². The molecular weight excluding hydrogens is 334 g/mol. The largest absolute Gasteiger partial charge is 0.444 e. The zero-order valence-corrected chi connectivity index (χ0v) is 16.6. The molecule has 0 aliphatic carbocycles. The second-order valence-electron chi connectivity index (χ2n) is 8.19. The summed E-state index contributed by atoms with van der Waals surface area (Å²) < 4.78 is 10.7. The molecule has 1 N–H and O–H groups in total. The van der Waals surface area contributed by atoms with E-state index in [2.05, 4.69) is 10.2 Å². The van der Waals surface area contributed by atoms with Crippen LogP contribution in [-0.4, -0.2) is 79.9 Å². The van der Waals surface area contributed by atoms with E-state index >= 15 is 0 Å². The Kier molecular flexibility index (Phi) is 8.15. The highest BCUT2D eigenvalue weighted by molar-refractivity contribution is 5.79. The Bertz CT molecular complexity index is 450. The first kappa shape index (κ1) is 21.0. The highest BCUT2D eigenvalue weighted by atomic mass is 16.6. The van der Waals surface area contributed by atoms with E-state index in [0.29, 0.717) is 25.9 Å². The average Bonchev–Trinajstić information content (AvgIpc) is 2.61. The van der Waals surface area contributed by atoms with Gasteiger partial charge in [0.2, 0.25) is 5.91 Å². The summed E-state index contributed by atoms with van der Waals surface area (Å²) in [5, 5.41) is 3.06. The summed E-state index contributed by atoms with van der Waals surface area (Å²) in [5.74, 6) is 0.133. The van der Waals surface area contributed by atoms with Gasteiger partial charge in [-0.1, -0.05) is 0 Å². The Balaban J connectivity index is 1.56. The lowest BCUT2D eigenvalue weighted by Gasteiger charge is -2.33. The standard InChI is InChI=1S/C19H35N3O4/c1-19(2,3)26-18(24)22-10-6-16(7-11-22)17(23)20-8-4-5-9-21-12-14-25-15-13-21/h16H,4-15H2,1-3H3,(H,20,23). The molecule has 0 aromatic heterocycles. The number of ether oxygens (including phenoxy) is 2. The fourth-order valence-corrected chi connectivity index (χ4v) is 3.29. The Labute approximate surface area is 157 Å². The van der Waals surface area contributed by atoms with E-state index in [1.165, 1.54) is 0 Å². The van der Waals surface area contributed by atoms with Gasteiger partial charge in [0, 0.05) is 38.6 Å². The zero-order valence-electron chi connectivity index (χ0n) is 16.6. The number of hydrogen-bond donors (Lipinski definition) is 1. The van der Waals surface area contributed by atoms with Crippen molar-refractivity contribution in [3.05, 3.63) is 0 Å². The lowest BCUT2D eigenvalue weighted by Crippen LogP contribution is -2.45. The van der Waals surface area contributed by atoms with Crippen molar-refractivity contribution >= 4 is 12.0 Å². The molecule has 2 aliphatic rings. The normalized spacial score (nSPS) is 20.0. The number of likely N-dealkylation sites (tertiary alicyclic amines) is 1. The van der Waals surface area contributed by atoms with Gasteiger partial charge in [-0.3, -0.25) is 9.69 Å². The molecular formula is C19H35N3O4. The number of nitrogens with zero attached hydrogens (tertiary/aromatic N) is 2. The third-order valence-corrected chi connectivity index (χ3v) is 4.82. The Morgan fingerprint density at radius 3 is 2.35 bits per heavy atom. The van der Waals surface area contributed by atoms with Crippen LogP contribution in [0.2, 0.25) is 0 Å². The van der Waals surface area contributed by atoms with Crippen molar-refractivity contribution in [1.29, 1.82) is 0 Å². The minimum absolute atomic E-state index is 0.00734. The van der Waals surface area contributed by atoms with E-state index in [1.54, 1.807) is 4.90 Å². The Morgan fingerprint density at radius 1 is 1.08 bits per heavy atom. The van der Waals surface area contributed by atoms with E-state index in [0.717, 1.165) is 52.2 Å². The fourth-order valence-electron chi connectivity index (χ4n) is 3.29. The topological polar surface area (TPSA) is 71.1 Å². The molecule has 0 radical (unpaired) electrons. The van der Waals surface area contributed by atoms with Gasteiger partial charge >= 0.3 is 6.09 Å². The minimum Gasteiger partial charge on any atom is -0.444 e. The van der Waals surface area contributed by atoms with E-state index in [9.17, 15) is 9.59 Å². The van der Waals surface area contributed by atoms with Crippen LogP contribution in [-0.2, 0) is 14.3 Å². The first-order valence-electron chi connectivity index (χ1n) is 9.91. The first-order chi connectivity index (χ1) is 12.3. The average molecular weight is 370 g/mol. The summed E-state index contributed by atoms with van der Waals surface area (Å²) in [5.41, 5.74) is -0.480. The molecule has 150 valence electrons. The molecule has 0 unspecified atom stereocenters. The van der Waals surface area contributed by atoms with Gasteiger partial charge in [0.1, 0.15) is 5.60 Å². The second kappa shape index (κ2) is 10.1. The molecule has 7 heteroatoms. The predicted molar refractivity (Wildman–Crippen MR) is 100 cm³/mol. The van der Waals surface area contributed by atoms with Crippen LogP contribution in [0.15, 0.2) is 0 Å². The SMILES string of the molecule is CC(C)(C)OC(=O)N1CCC(C(=O)NCCCCN2CCOCC2)CC1. The highest BCUT2D eigenvalue weighted by Gasteiger charge is 2.29. The molecule has 0 spiro atoms. The first-order valence-corrected chi connectivity index (χ1v) is 9.91. The fraction of sp³-hybridized carbons (Fsp3) is 0.895. The molecule has 2 fully saturated rings. The van der Waals surface area contributed by atoms with Crippen LogP contribution in [0.25, 0.3) is 0 Å². The summed E-state index contributed by atoms with van der Waals surface area (Å²) >= 11 is 0. The third-order valence-electron chi connectivity index (χ3n) is 4.82. The highest BCUT2D eigenvalue weighted by Crippen LogP contribution is 2.19. The van der Waals surface area contributed by atoms with Gasteiger partial charge < -0.3 is 19.7 Å². The zero-order chi connectivity index (χ0) is 19.0. The number of hydrogen-bond acceptors (Lipinski definition) is 5. The number of carbonyl (C=O) groups excluding carboxylic acids is 2. The van der Waals surface area contributed by atoms with Crippen molar-refractivity contribution in [2.75, 3.05) is 52.5 Å². The summed E-state index contributed by atoms with van der Waals surface area (Å²) in [7, 11) is 0. The van der Waals surface area contributed by atoms with Crippen LogP contribution < -0.4 is 5.32 Å². The van der Waals surface area contributed by atoms with Gasteiger partial charge in [-0.2, -0.15) is 0 Å². The maximum absolute atomic E-state index is 12.3. The van der Waals surface area contributed by atoms with E-state index < -0.39 is 5.60 Å². The number of amides is 2. The summed E-state index contributed by atoms with van der Waals surface area (Å²) in [4.78, 5) is 28.5. The molecule has 2 amide bonds. The minimum atomic E-state index is -0.480. The maximum Gasteiger partial charge on any atom is 0.410 e. The van der Waals surface area contributed by atoms with Crippen molar-refractivity contribution in [2.24, 2.45) is 5.92 Å². The smallest absolute Gasteiger partial charge is 0.410 e.